The highest BCUT2D eigenvalue weighted by atomic mass is 16.6. The Morgan fingerprint density at radius 1 is 1.03 bits per heavy atom. The average molecular weight is 395 g/mol. The van der Waals surface area contributed by atoms with Gasteiger partial charge < -0.3 is 10.1 Å². The third-order valence-corrected chi connectivity index (χ3v) is 5.29. The van der Waals surface area contributed by atoms with Crippen LogP contribution < -0.4 is 10.2 Å². The average Bonchev–Trinajstić information content (AvgIpc) is 3.11. The molecule has 2 amide bonds. The summed E-state index contributed by atoms with van der Waals surface area (Å²) in [5, 5.41) is 3.16. The summed E-state index contributed by atoms with van der Waals surface area (Å²) in [4.78, 5) is 26.1. The van der Waals surface area contributed by atoms with Crippen molar-refractivity contribution < 1.29 is 14.3 Å². The summed E-state index contributed by atoms with van der Waals surface area (Å²) in [6.45, 7) is 11.7. The van der Waals surface area contributed by atoms with Crippen LogP contribution in [0.1, 0.15) is 62.1 Å². The fourth-order valence-corrected chi connectivity index (χ4v) is 3.47. The number of hydrogen-bond acceptors (Lipinski definition) is 3. The molecule has 0 aliphatic carbocycles. The molecule has 1 saturated heterocycles. The number of anilines is 1. The molecule has 5 heteroatoms. The van der Waals surface area contributed by atoms with E-state index in [2.05, 4.69) is 64.2 Å². The van der Waals surface area contributed by atoms with E-state index in [1.807, 2.05) is 0 Å². The number of carbonyl (C=O) groups is 2. The lowest BCUT2D eigenvalue weighted by molar-refractivity contribution is 0.0925. The van der Waals surface area contributed by atoms with Crippen molar-refractivity contribution in [3.63, 3.8) is 0 Å². The zero-order valence-electron chi connectivity index (χ0n) is 17.9. The van der Waals surface area contributed by atoms with Crippen LogP contribution in [0.25, 0.3) is 0 Å². The molecule has 1 unspecified atom stereocenters. The van der Waals surface area contributed by atoms with E-state index < -0.39 is 0 Å². The normalized spacial score (nSPS) is 15.4. The zero-order chi connectivity index (χ0) is 21.2. The van der Waals surface area contributed by atoms with E-state index in [0.717, 1.165) is 11.3 Å². The number of benzene rings is 2. The van der Waals surface area contributed by atoms with E-state index in [9.17, 15) is 9.59 Å². The summed E-state index contributed by atoms with van der Waals surface area (Å²) in [6.07, 6.45) is -0.347. The van der Waals surface area contributed by atoms with Crippen LogP contribution in [-0.2, 0) is 10.2 Å². The van der Waals surface area contributed by atoms with Crippen molar-refractivity contribution in [2.75, 3.05) is 18.1 Å². The number of nitrogens with zero attached hydrogens (tertiary/aromatic N) is 1. The molecular weight excluding hydrogens is 364 g/mol. The lowest BCUT2D eigenvalue weighted by Crippen LogP contribution is -2.32. The van der Waals surface area contributed by atoms with Gasteiger partial charge in [0, 0.05) is 11.3 Å². The van der Waals surface area contributed by atoms with E-state index in [4.69, 9.17) is 4.74 Å². The van der Waals surface area contributed by atoms with E-state index in [-0.39, 0.29) is 29.4 Å². The van der Waals surface area contributed by atoms with Gasteiger partial charge in [-0.1, -0.05) is 58.9 Å². The number of hydrogen-bond donors (Lipinski definition) is 1. The van der Waals surface area contributed by atoms with Crippen LogP contribution in [0.15, 0.2) is 48.5 Å². The van der Waals surface area contributed by atoms with Gasteiger partial charge in [0.2, 0.25) is 0 Å². The SMILES string of the molecule is CC(C)C(NC(=O)c1ccc(N2CCOC2=O)cc1)c1ccc(C(C)(C)C)cc1. The molecule has 1 fully saturated rings. The van der Waals surface area contributed by atoms with Gasteiger partial charge >= 0.3 is 6.09 Å². The van der Waals surface area contributed by atoms with Gasteiger partial charge in [-0.15, -0.1) is 0 Å². The maximum Gasteiger partial charge on any atom is 0.414 e. The van der Waals surface area contributed by atoms with Gasteiger partial charge in [-0.25, -0.2) is 4.79 Å². The van der Waals surface area contributed by atoms with Crippen molar-refractivity contribution >= 4 is 17.7 Å². The van der Waals surface area contributed by atoms with Crippen molar-refractivity contribution in [3.8, 4) is 0 Å². The molecule has 0 aromatic heterocycles. The highest BCUT2D eigenvalue weighted by Gasteiger charge is 2.24. The fourth-order valence-electron chi connectivity index (χ4n) is 3.47. The Morgan fingerprint density at radius 2 is 1.66 bits per heavy atom. The highest BCUT2D eigenvalue weighted by Crippen LogP contribution is 2.27. The van der Waals surface area contributed by atoms with Crippen LogP contribution in [-0.4, -0.2) is 25.2 Å². The Balaban J connectivity index is 1.73. The minimum Gasteiger partial charge on any atom is -0.447 e. The molecule has 0 radical (unpaired) electrons. The van der Waals surface area contributed by atoms with Gasteiger partial charge in [-0.3, -0.25) is 9.69 Å². The molecule has 0 bridgehead atoms. The predicted octanol–water partition coefficient (Wildman–Crippen LogP) is 5.07. The molecule has 5 nitrogen and oxygen atoms in total. The fraction of sp³-hybridized carbons (Fsp3) is 0.417. The Hall–Kier alpha value is -2.82. The van der Waals surface area contributed by atoms with Gasteiger partial charge in [0.25, 0.3) is 5.91 Å². The number of cyclic esters (lactones) is 1. The molecule has 0 saturated carbocycles. The first-order valence-corrected chi connectivity index (χ1v) is 10.1. The van der Waals surface area contributed by atoms with Crippen LogP contribution in [0.4, 0.5) is 10.5 Å². The lowest BCUT2D eigenvalue weighted by atomic mass is 9.85. The first-order valence-electron chi connectivity index (χ1n) is 10.1. The summed E-state index contributed by atoms with van der Waals surface area (Å²) < 4.78 is 4.96. The Bertz CT molecular complexity index is 864. The second-order valence-electron chi connectivity index (χ2n) is 8.88. The van der Waals surface area contributed by atoms with Crippen LogP contribution in [0.2, 0.25) is 0 Å². The summed E-state index contributed by atoms with van der Waals surface area (Å²) in [6, 6.07) is 15.5. The third kappa shape index (κ3) is 4.78. The molecule has 1 heterocycles. The Morgan fingerprint density at radius 3 is 2.14 bits per heavy atom. The summed E-state index contributed by atoms with van der Waals surface area (Å²) in [5.41, 5.74) is 3.77. The minimum absolute atomic E-state index is 0.0789. The number of rotatable bonds is 5. The van der Waals surface area contributed by atoms with Crippen molar-refractivity contribution in [1.82, 2.24) is 5.32 Å². The molecular formula is C24H30N2O3. The van der Waals surface area contributed by atoms with Crippen LogP contribution in [0.3, 0.4) is 0 Å². The van der Waals surface area contributed by atoms with E-state index in [1.54, 1.807) is 29.2 Å². The lowest BCUT2D eigenvalue weighted by Gasteiger charge is -2.25. The summed E-state index contributed by atoms with van der Waals surface area (Å²) in [7, 11) is 0. The Labute approximate surface area is 173 Å². The van der Waals surface area contributed by atoms with Crippen LogP contribution >= 0.6 is 0 Å². The zero-order valence-corrected chi connectivity index (χ0v) is 17.9. The molecule has 3 rings (SSSR count). The maximum atomic E-state index is 12.8. The van der Waals surface area contributed by atoms with Gasteiger partial charge in [0.15, 0.2) is 0 Å². The van der Waals surface area contributed by atoms with Gasteiger partial charge in [-0.2, -0.15) is 0 Å². The molecule has 0 spiro atoms. The summed E-state index contributed by atoms with van der Waals surface area (Å²) in [5.74, 6) is 0.122. The summed E-state index contributed by atoms with van der Waals surface area (Å²) >= 11 is 0. The topological polar surface area (TPSA) is 58.6 Å². The largest absolute Gasteiger partial charge is 0.447 e. The highest BCUT2D eigenvalue weighted by molar-refractivity contribution is 5.96. The smallest absolute Gasteiger partial charge is 0.414 e. The van der Waals surface area contributed by atoms with Crippen LogP contribution in [0.5, 0.6) is 0 Å². The molecule has 154 valence electrons. The van der Waals surface area contributed by atoms with Crippen molar-refractivity contribution in [2.45, 2.75) is 46.1 Å². The third-order valence-electron chi connectivity index (χ3n) is 5.29. The molecule has 1 aliphatic rings. The first-order chi connectivity index (χ1) is 13.7. The molecule has 2 aromatic carbocycles. The molecule has 2 aromatic rings. The quantitative estimate of drug-likeness (QED) is 0.770. The van der Waals surface area contributed by atoms with E-state index in [0.29, 0.717) is 18.7 Å². The molecule has 1 atom stereocenters. The van der Waals surface area contributed by atoms with E-state index >= 15 is 0 Å². The van der Waals surface area contributed by atoms with Gasteiger partial charge in [0.05, 0.1) is 12.6 Å². The number of nitrogens with one attached hydrogen (secondary N) is 1. The minimum atomic E-state index is -0.347. The van der Waals surface area contributed by atoms with Crippen LogP contribution in [0, 0.1) is 5.92 Å². The maximum absolute atomic E-state index is 12.8. The Kier molecular flexibility index (Phi) is 5.96. The molecule has 1 aliphatic heterocycles. The van der Waals surface area contributed by atoms with E-state index in [1.165, 1.54) is 5.56 Å². The first kappa shape index (κ1) is 20.9. The number of amides is 2. The van der Waals surface area contributed by atoms with Crippen molar-refractivity contribution in [3.05, 3.63) is 65.2 Å². The second-order valence-corrected chi connectivity index (χ2v) is 8.88. The van der Waals surface area contributed by atoms with Crippen molar-refractivity contribution in [1.29, 1.82) is 0 Å². The predicted molar refractivity (Wildman–Crippen MR) is 115 cm³/mol. The van der Waals surface area contributed by atoms with Crippen molar-refractivity contribution in [2.24, 2.45) is 5.92 Å². The standard InChI is InChI=1S/C24H30N2O3/c1-16(2)21(17-6-10-19(11-7-17)24(3,4)5)25-22(27)18-8-12-20(13-9-18)26-14-15-29-23(26)28/h6-13,16,21H,14-15H2,1-5H3,(H,25,27). The monoisotopic (exact) mass is 394 g/mol. The second kappa shape index (κ2) is 8.27. The van der Waals surface area contributed by atoms with Gasteiger partial charge in [-0.05, 0) is 46.7 Å². The number of carbonyl (C=O) groups excluding carboxylic acids is 2. The molecule has 1 N–H and O–H groups in total. The number of ether oxygens (including phenoxy) is 1. The van der Waals surface area contributed by atoms with Gasteiger partial charge in [0.1, 0.15) is 6.61 Å². The molecule has 29 heavy (non-hydrogen) atoms.